The number of aliphatic hydroxyl groups excluding tert-OH is 1. The van der Waals surface area contributed by atoms with Gasteiger partial charge in [0.25, 0.3) is 0 Å². The summed E-state index contributed by atoms with van der Waals surface area (Å²) in [6.07, 6.45) is 6.04. The van der Waals surface area contributed by atoms with Crippen molar-refractivity contribution in [2.75, 3.05) is 6.61 Å². The van der Waals surface area contributed by atoms with Crippen LogP contribution in [0.3, 0.4) is 0 Å². The van der Waals surface area contributed by atoms with Crippen molar-refractivity contribution in [3.63, 3.8) is 0 Å². The third-order valence-electron chi connectivity index (χ3n) is 3.84. The van der Waals surface area contributed by atoms with Gasteiger partial charge in [0.1, 0.15) is 6.10 Å². The van der Waals surface area contributed by atoms with Gasteiger partial charge in [-0.05, 0) is 37.8 Å². The van der Waals surface area contributed by atoms with Crippen LogP contribution in [0.4, 0.5) is 0 Å². The number of rotatable bonds is 4. The van der Waals surface area contributed by atoms with E-state index >= 15 is 0 Å². The van der Waals surface area contributed by atoms with E-state index in [9.17, 15) is 5.11 Å². The summed E-state index contributed by atoms with van der Waals surface area (Å²) in [5.74, 6) is 0. The van der Waals surface area contributed by atoms with Gasteiger partial charge >= 0.3 is 0 Å². The minimum absolute atomic E-state index is 0.360. The van der Waals surface area contributed by atoms with Gasteiger partial charge in [0.2, 0.25) is 0 Å². The molecule has 0 bridgehead atoms. The fourth-order valence-corrected chi connectivity index (χ4v) is 2.67. The lowest BCUT2D eigenvalue weighted by Gasteiger charge is -2.24. The standard InChI is InChI=1S/C16H24O2/c1-12-8-9-13(2)15(10-12)16(17)11-18-14-6-4-3-5-7-14/h8-10,14,16-17H,3-7,11H2,1-2H3. The van der Waals surface area contributed by atoms with Crippen LogP contribution >= 0.6 is 0 Å². The van der Waals surface area contributed by atoms with Crippen LogP contribution in [0.15, 0.2) is 18.2 Å². The summed E-state index contributed by atoms with van der Waals surface area (Å²) in [6, 6.07) is 6.20. The maximum Gasteiger partial charge on any atom is 0.103 e. The molecule has 1 unspecified atom stereocenters. The molecule has 1 aromatic carbocycles. The fourth-order valence-electron chi connectivity index (χ4n) is 2.67. The molecule has 0 spiro atoms. The highest BCUT2D eigenvalue weighted by atomic mass is 16.5. The minimum Gasteiger partial charge on any atom is -0.386 e. The average Bonchev–Trinajstić information content (AvgIpc) is 2.40. The first-order valence-electron chi connectivity index (χ1n) is 7.03. The highest BCUT2D eigenvalue weighted by Crippen LogP contribution is 2.24. The van der Waals surface area contributed by atoms with Crippen LogP contribution in [-0.2, 0) is 4.74 Å². The number of aliphatic hydroxyl groups is 1. The third kappa shape index (κ3) is 3.56. The second-order valence-corrected chi connectivity index (χ2v) is 5.47. The molecule has 1 aliphatic carbocycles. The lowest BCUT2D eigenvalue weighted by molar-refractivity contribution is -0.0247. The van der Waals surface area contributed by atoms with Gasteiger partial charge in [-0.3, -0.25) is 0 Å². The molecular weight excluding hydrogens is 224 g/mol. The van der Waals surface area contributed by atoms with Gasteiger partial charge in [-0.2, -0.15) is 0 Å². The van der Waals surface area contributed by atoms with Gasteiger partial charge in [0.05, 0.1) is 12.7 Å². The zero-order valence-corrected chi connectivity index (χ0v) is 11.5. The van der Waals surface area contributed by atoms with E-state index in [2.05, 4.69) is 25.1 Å². The summed E-state index contributed by atoms with van der Waals surface area (Å²) in [5.41, 5.74) is 3.33. The molecule has 100 valence electrons. The molecule has 1 aliphatic rings. The maximum atomic E-state index is 10.2. The van der Waals surface area contributed by atoms with Gasteiger partial charge in [0.15, 0.2) is 0 Å². The molecule has 18 heavy (non-hydrogen) atoms. The first kappa shape index (κ1) is 13.6. The van der Waals surface area contributed by atoms with Crippen molar-refractivity contribution in [1.29, 1.82) is 0 Å². The van der Waals surface area contributed by atoms with Gasteiger partial charge in [-0.1, -0.05) is 43.0 Å². The maximum absolute atomic E-state index is 10.2. The quantitative estimate of drug-likeness (QED) is 0.880. The Balaban J connectivity index is 1.90. The summed E-state index contributed by atoms with van der Waals surface area (Å²) in [4.78, 5) is 0. The van der Waals surface area contributed by atoms with Crippen LogP contribution < -0.4 is 0 Å². The molecule has 1 aromatic rings. The summed E-state index contributed by atoms with van der Waals surface area (Å²) in [5, 5.41) is 10.2. The number of aryl methyl sites for hydroxylation is 2. The molecule has 1 N–H and O–H groups in total. The Labute approximate surface area is 110 Å². The molecule has 1 fully saturated rings. The van der Waals surface area contributed by atoms with E-state index in [1.54, 1.807) is 0 Å². The van der Waals surface area contributed by atoms with Crippen LogP contribution in [0.2, 0.25) is 0 Å². The number of hydrogen-bond donors (Lipinski definition) is 1. The molecule has 0 heterocycles. The van der Waals surface area contributed by atoms with Crippen molar-refractivity contribution in [2.45, 2.75) is 58.2 Å². The molecule has 0 saturated heterocycles. The summed E-state index contributed by atoms with van der Waals surface area (Å²) in [7, 11) is 0. The second kappa shape index (κ2) is 6.35. The summed E-state index contributed by atoms with van der Waals surface area (Å²) < 4.78 is 5.84. The Hall–Kier alpha value is -0.860. The van der Waals surface area contributed by atoms with Crippen molar-refractivity contribution in [1.82, 2.24) is 0 Å². The van der Waals surface area contributed by atoms with Crippen molar-refractivity contribution < 1.29 is 9.84 Å². The van der Waals surface area contributed by atoms with Crippen molar-refractivity contribution >= 4 is 0 Å². The molecule has 1 atom stereocenters. The molecule has 0 amide bonds. The number of ether oxygens (including phenoxy) is 1. The van der Waals surface area contributed by atoms with Gasteiger partial charge in [-0.15, -0.1) is 0 Å². The Kier molecular flexibility index (Phi) is 4.79. The zero-order valence-electron chi connectivity index (χ0n) is 11.5. The lowest BCUT2D eigenvalue weighted by Crippen LogP contribution is -2.20. The van der Waals surface area contributed by atoms with E-state index in [-0.39, 0.29) is 0 Å². The van der Waals surface area contributed by atoms with E-state index in [0.29, 0.717) is 12.7 Å². The van der Waals surface area contributed by atoms with E-state index in [0.717, 1.165) is 24.0 Å². The molecule has 2 rings (SSSR count). The monoisotopic (exact) mass is 248 g/mol. The van der Waals surface area contributed by atoms with E-state index in [4.69, 9.17) is 4.74 Å². The largest absolute Gasteiger partial charge is 0.386 e. The topological polar surface area (TPSA) is 29.5 Å². The van der Waals surface area contributed by atoms with Crippen LogP contribution in [0.5, 0.6) is 0 Å². The summed E-state index contributed by atoms with van der Waals surface area (Å²) in [6.45, 7) is 4.52. The Morgan fingerprint density at radius 1 is 1.22 bits per heavy atom. The minimum atomic E-state index is -0.494. The van der Waals surface area contributed by atoms with Crippen molar-refractivity contribution in [3.05, 3.63) is 34.9 Å². The number of hydrogen-bond acceptors (Lipinski definition) is 2. The van der Waals surface area contributed by atoms with Gasteiger partial charge in [0, 0.05) is 0 Å². The molecule has 2 nitrogen and oxygen atoms in total. The van der Waals surface area contributed by atoms with Gasteiger partial charge in [-0.25, -0.2) is 0 Å². The SMILES string of the molecule is Cc1ccc(C)c(C(O)COC2CCCCC2)c1. The highest BCUT2D eigenvalue weighted by molar-refractivity contribution is 5.32. The van der Waals surface area contributed by atoms with Gasteiger partial charge < -0.3 is 9.84 Å². The van der Waals surface area contributed by atoms with Crippen LogP contribution in [0.1, 0.15) is 54.9 Å². The van der Waals surface area contributed by atoms with Crippen molar-refractivity contribution in [2.24, 2.45) is 0 Å². The molecule has 0 aromatic heterocycles. The van der Waals surface area contributed by atoms with Crippen LogP contribution in [0.25, 0.3) is 0 Å². The average molecular weight is 248 g/mol. The predicted octanol–water partition coefficient (Wildman–Crippen LogP) is 3.69. The van der Waals surface area contributed by atoms with E-state index in [1.807, 2.05) is 6.92 Å². The summed E-state index contributed by atoms with van der Waals surface area (Å²) >= 11 is 0. The second-order valence-electron chi connectivity index (χ2n) is 5.47. The zero-order chi connectivity index (χ0) is 13.0. The molecule has 2 heteroatoms. The smallest absolute Gasteiger partial charge is 0.103 e. The highest BCUT2D eigenvalue weighted by Gasteiger charge is 2.17. The fraction of sp³-hybridized carbons (Fsp3) is 0.625. The van der Waals surface area contributed by atoms with Crippen molar-refractivity contribution in [3.8, 4) is 0 Å². The molecule has 1 saturated carbocycles. The first-order valence-corrected chi connectivity index (χ1v) is 7.03. The van der Waals surface area contributed by atoms with E-state index in [1.165, 1.54) is 24.8 Å². The predicted molar refractivity (Wildman–Crippen MR) is 73.7 cm³/mol. The normalized spacial score (nSPS) is 18.8. The number of benzene rings is 1. The Morgan fingerprint density at radius 3 is 2.67 bits per heavy atom. The molecule has 0 aliphatic heterocycles. The molecule has 0 radical (unpaired) electrons. The van der Waals surface area contributed by atoms with E-state index < -0.39 is 6.10 Å². The Bertz CT molecular complexity index is 381. The third-order valence-corrected chi connectivity index (χ3v) is 3.84. The van der Waals surface area contributed by atoms with Crippen LogP contribution in [0, 0.1) is 13.8 Å². The molecular formula is C16H24O2. The first-order chi connectivity index (χ1) is 8.66. The Morgan fingerprint density at radius 2 is 1.94 bits per heavy atom. The van der Waals surface area contributed by atoms with Crippen LogP contribution in [-0.4, -0.2) is 17.8 Å². The lowest BCUT2D eigenvalue weighted by atomic mass is 9.97.